The number of hydrogen-bond donors (Lipinski definition) is 0. The van der Waals surface area contributed by atoms with E-state index in [1.807, 2.05) is 17.0 Å². The molecule has 18 heavy (non-hydrogen) atoms. The normalized spacial score (nSPS) is 9.56. The maximum absolute atomic E-state index is 9.12. The topological polar surface area (TPSA) is 60.0 Å². The van der Waals surface area contributed by atoms with Crippen LogP contribution in [0.3, 0.4) is 0 Å². The van der Waals surface area contributed by atoms with Gasteiger partial charge in [0.2, 0.25) is 0 Å². The molecule has 0 amide bonds. The Bertz CT molecular complexity index is 476. The minimum Gasteiger partial charge on any atom is -0.383 e. The van der Waals surface area contributed by atoms with Crippen molar-refractivity contribution in [2.45, 2.75) is 6.42 Å². The molecule has 0 fully saturated rings. The Labute approximate surface area is 116 Å². The van der Waals surface area contributed by atoms with Crippen molar-refractivity contribution in [1.29, 1.82) is 10.5 Å². The summed E-state index contributed by atoms with van der Waals surface area (Å²) >= 11 is 3.40. The summed E-state index contributed by atoms with van der Waals surface area (Å²) in [5, 5.41) is 17.8. The number of methoxy groups -OCH3 is 1. The number of halogens is 1. The lowest BCUT2D eigenvalue weighted by molar-refractivity contribution is 0.205. The maximum Gasteiger partial charge on any atom is 0.101 e. The van der Waals surface area contributed by atoms with Crippen LogP contribution in [0.1, 0.15) is 12.0 Å². The molecule has 0 aliphatic carbocycles. The van der Waals surface area contributed by atoms with Gasteiger partial charge in [-0.15, -0.1) is 0 Å². The zero-order valence-corrected chi connectivity index (χ0v) is 11.8. The molecule has 1 aromatic rings. The van der Waals surface area contributed by atoms with Crippen LogP contribution in [0.2, 0.25) is 0 Å². The number of benzene rings is 1. The first-order chi connectivity index (χ1) is 8.72. The van der Waals surface area contributed by atoms with Gasteiger partial charge < -0.3 is 9.64 Å². The van der Waals surface area contributed by atoms with E-state index in [4.69, 9.17) is 15.3 Å². The van der Waals surface area contributed by atoms with Gasteiger partial charge >= 0.3 is 0 Å². The molecule has 0 unspecified atom stereocenters. The lowest BCUT2D eigenvalue weighted by Gasteiger charge is -2.24. The molecule has 5 heteroatoms. The van der Waals surface area contributed by atoms with Crippen molar-refractivity contribution < 1.29 is 4.74 Å². The standard InChI is InChI=1S/C13H14BrN3O/c1-18-8-7-17(6-2-5-15)13-9-12(14)4-3-11(13)10-16/h3-4,9H,2,6-8H2,1H3. The second kappa shape index (κ2) is 7.71. The van der Waals surface area contributed by atoms with Gasteiger partial charge in [0, 0.05) is 24.7 Å². The van der Waals surface area contributed by atoms with E-state index in [9.17, 15) is 0 Å². The van der Waals surface area contributed by atoms with Gasteiger partial charge in [0.25, 0.3) is 0 Å². The highest BCUT2D eigenvalue weighted by Crippen LogP contribution is 2.24. The van der Waals surface area contributed by atoms with Gasteiger partial charge in [-0.2, -0.15) is 10.5 Å². The molecular weight excluding hydrogens is 294 g/mol. The van der Waals surface area contributed by atoms with Gasteiger partial charge in [-0.25, -0.2) is 0 Å². The van der Waals surface area contributed by atoms with E-state index in [-0.39, 0.29) is 0 Å². The predicted octanol–water partition coefficient (Wildman–Crippen LogP) is 2.69. The summed E-state index contributed by atoms with van der Waals surface area (Å²) in [7, 11) is 1.63. The highest BCUT2D eigenvalue weighted by atomic mass is 79.9. The van der Waals surface area contributed by atoms with Crippen molar-refractivity contribution in [2.24, 2.45) is 0 Å². The smallest absolute Gasteiger partial charge is 0.101 e. The summed E-state index contributed by atoms with van der Waals surface area (Å²) in [6, 6.07) is 9.79. The molecule has 0 saturated heterocycles. The molecule has 1 aromatic carbocycles. The van der Waals surface area contributed by atoms with Crippen molar-refractivity contribution in [1.82, 2.24) is 0 Å². The van der Waals surface area contributed by atoms with Crippen molar-refractivity contribution in [3.05, 3.63) is 28.2 Å². The van der Waals surface area contributed by atoms with Crippen LogP contribution in [-0.2, 0) is 4.74 Å². The number of anilines is 1. The van der Waals surface area contributed by atoms with E-state index in [0.717, 1.165) is 10.2 Å². The predicted molar refractivity (Wildman–Crippen MR) is 73.2 cm³/mol. The fourth-order valence-electron chi connectivity index (χ4n) is 1.60. The average molecular weight is 308 g/mol. The van der Waals surface area contributed by atoms with Crippen LogP contribution in [0.5, 0.6) is 0 Å². The number of hydrogen-bond acceptors (Lipinski definition) is 4. The van der Waals surface area contributed by atoms with Gasteiger partial charge in [0.1, 0.15) is 6.07 Å². The van der Waals surface area contributed by atoms with Crippen molar-refractivity contribution in [3.63, 3.8) is 0 Å². The Morgan fingerprint density at radius 2 is 2.11 bits per heavy atom. The Balaban J connectivity index is 2.99. The third kappa shape index (κ3) is 4.03. The van der Waals surface area contributed by atoms with Crippen LogP contribution in [0.25, 0.3) is 0 Å². The van der Waals surface area contributed by atoms with E-state index in [1.165, 1.54) is 0 Å². The second-order valence-corrected chi connectivity index (χ2v) is 4.58. The van der Waals surface area contributed by atoms with E-state index >= 15 is 0 Å². The lowest BCUT2D eigenvalue weighted by atomic mass is 10.1. The van der Waals surface area contributed by atoms with Crippen molar-refractivity contribution in [2.75, 3.05) is 31.7 Å². The Hall–Kier alpha value is -1.56. The largest absolute Gasteiger partial charge is 0.383 e. The first-order valence-corrected chi connectivity index (χ1v) is 6.32. The van der Waals surface area contributed by atoms with Crippen LogP contribution in [0.4, 0.5) is 5.69 Å². The Morgan fingerprint density at radius 3 is 2.72 bits per heavy atom. The van der Waals surface area contributed by atoms with Crippen LogP contribution in [-0.4, -0.2) is 26.8 Å². The van der Waals surface area contributed by atoms with Gasteiger partial charge in [-0.1, -0.05) is 15.9 Å². The quantitative estimate of drug-likeness (QED) is 0.810. The summed E-state index contributed by atoms with van der Waals surface area (Å²) in [5.41, 5.74) is 1.44. The number of nitriles is 2. The van der Waals surface area contributed by atoms with Crippen LogP contribution < -0.4 is 4.90 Å². The molecule has 0 N–H and O–H groups in total. The van der Waals surface area contributed by atoms with Crippen LogP contribution in [0.15, 0.2) is 22.7 Å². The molecule has 0 aliphatic rings. The van der Waals surface area contributed by atoms with Gasteiger partial charge in [-0.05, 0) is 18.2 Å². The number of rotatable bonds is 6. The molecule has 0 heterocycles. The summed E-state index contributed by atoms with van der Waals surface area (Å²) in [6.07, 6.45) is 0.418. The molecule has 0 atom stereocenters. The molecule has 0 radical (unpaired) electrons. The van der Waals surface area contributed by atoms with Gasteiger partial charge in [0.15, 0.2) is 0 Å². The zero-order chi connectivity index (χ0) is 13.4. The summed E-state index contributed by atoms with van der Waals surface area (Å²) in [5.74, 6) is 0. The van der Waals surface area contributed by atoms with Crippen molar-refractivity contribution >= 4 is 21.6 Å². The van der Waals surface area contributed by atoms with Crippen molar-refractivity contribution in [3.8, 4) is 12.1 Å². The summed E-state index contributed by atoms with van der Waals surface area (Å²) in [4.78, 5) is 2.00. The first-order valence-electron chi connectivity index (χ1n) is 5.53. The highest BCUT2D eigenvalue weighted by molar-refractivity contribution is 9.10. The van der Waals surface area contributed by atoms with Gasteiger partial charge in [-0.3, -0.25) is 0 Å². The number of ether oxygens (including phenoxy) is 1. The van der Waals surface area contributed by atoms with E-state index < -0.39 is 0 Å². The van der Waals surface area contributed by atoms with Gasteiger partial charge in [0.05, 0.1) is 30.3 Å². The molecule has 0 bridgehead atoms. The lowest BCUT2D eigenvalue weighted by Crippen LogP contribution is -2.28. The number of nitrogens with zero attached hydrogens (tertiary/aromatic N) is 3. The third-order valence-electron chi connectivity index (χ3n) is 2.48. The molecule has 0 spiro atoms. The Kier molecular flexibility index (Phi) is 6.21. The minimum absolute atomic E-state index is 0.418. The average Bonchev–Trinajstić information content (AvgIpc) is 2.39. The van der Waals surface area contributed by atoms with E-state index in [0.29, 0.717) is 31.7 Å². The highest BCUT2D eigenvalue weighted by Gasteiger charge is 2.11. The fourth-order valence-corrected chi connectivity index (χ4v) is 1.95. The molecule has 4 nitrogen and oxygen atoms in total. The molecular formula is C13H14BrN3O. The molecule has 1 rings (SSSR count). The van der Waals surface area contributed by atoms with Crippen LogP contribution >= 0.6 is 15.9 Å². The molecule has 0 aliphatic heterocycles. The van der Waals surface area contributed by atoms with E-state index in [2.05, 4.69) is 28.1 Å². The zero-order valence-electron chi connectivity index (χ0n) is 10.2. The minimum atomic E-state index is 0.418. The van der Waals surface area contributed by atoms with E-state index in [1.54, 1.807) is 13.2 Å². The fraction of sp³-hybridized carbons (Fsp3) is 0.385. The molecule has 94 valence electrons. The summed E-state index contributed by atoms with van der Waals surface area (Å²) < 4.78 is 5.97. The SMILES string of the molecule is COCCN(CCC#N)c1cc(Br)ccc1C#N. The summed E-state index contributed by atoms with van der Waals surface area (Å²) in [6.45, 7) is 1.80. The second-order valence-electron chi connectivity index (χ2n) is 3.66. The first kappa shape index (κ1) is 14.5. The Morgan fingerprint density at radius 1 is 1.33 bits per heavy atom. The third-order valence-corrected chi connectivity index (χ3v) is 2.97. The monoisotopic (exact) mass is 307 g/mol. The maximum atomic E-state index is 9.12. The molecule has 0 saturated carbocycles. The molecule has 0 aromatic heterocycles. The van der Waals surface area contributed by atoms with Crippen LogP contribution in [0, 0.1) is 22.7 Å².